The summed E-state index contributed by atoms with van der Waals surface area (Å²) in [5.74, 6) is 0.869. The first-order valence-electron chi connectivity index (χ1n) is 7.57. The van der Waals surface area contributed by atoms with Crippen LogP contribution in [0.4, 0.5) is 5.69 Å². The number of pyridine rings is 1. The molecule has 0 spiro atoms. The predicted molar refractivity (Wildman–Crippen MR) is 83.7 cm³/mol. The second-order valence-electron chi connectivity index (χ2n) is 5.36. The van der Waals surface area contributed by atoms with Crippen LogP contribution in [0.1, 0.15) is 37.4 Å². The third kappa shape index (κ3) is 2.21. The van der Waals surface area contributed by atoms with Crippen LogP contribution in [0.25, 0.3) is 10.9 Å². The zero-order valence-corrected chi connectivity index (χ0v) is 12.3. The van der Waals surface area contributed by atoms with Gasteiger partial charge in [0, 0.05) is 23.3 Å². The molecule has 106 valence electrons. The molecule has 1 aromatic carbocycles. The molecule has 0 radical (unpaired) electrons. The third-order valence-corrected chi connectivity index (χ3v) is 4.08. The van der Waals surface area contributed by atoms with Gasteiger partial charge >= 0.3 is 0 Å². The fourth-order valence-electron chi connectivity index (χ4n) is 3.14. The Morgan fingerprint density at radius 3 is 2.85 bits per heavy atom. The standard InChI is InChI=1S/C17H22N2O/c1-3-18-16-12-8-5-4-6-10-14(12)19-17-13(16)9-7-11-15(17)20-2/h7,9,11H,3-6,8,10H2,1-2H3,(H,18,19). The second-order valence-corrected chi connectivity index (χ2v) is 5.36. The van der Waals surface area contributed by atoms with Gasteiger partial charge in [-0.25, -0.2) is 4.98 Å². The number of anilines is 1. The van der Waals surface area contributed by atoms with Crippen molar-refractivity contribution in [1.29, 1.82) is 0 Å². The Bertz CT molecular complexity index is 622. The SMILES string of the molecule is CCNc1c2c(nc3c(OC)cccc13)CCCCC2. The largest absolute Gasteiger partial charge is 0.494 e. The highest BCUT2D eigenvalue weighted by molar-refractivity contribution is 5.96. The summed E-state index contributed by atoms with van der Waals surface area (Å²) in [6.07, 6.45) is 6.03. The lowest BCUT2D eigenvalue weighted by Gasteiger charge is -2.17. The van der Waals surface area contributed by atoms with Crippen molar-refractivity contribution in [2.45, 2.75) is 39.0 Å². The van der Waals surface area contributed by atoms with Crippen molar-refractivity contribution >= 4 is 16.6 Å². The lowest BCUT2D eigenvalue weighted by atomic mass is 10.0. The van der Waals surface area contributed by atoms with Crippen LogP contribution in [-0.4, -0.2) is 18.6 Å². The summed E-state index contributed by atoms with van der Waals surface area (Å²) in [7, 11) is 1.72. The molecule has 0 unspecified atom stereocenters. The third-order valence-electron chi connectivity index (χ3n) is 4.08. The monoisotopic (exact) mass is 270 g/mol. The summed E-state index contributed by atoms with van der Waals surface area (Å²) in [5, 5.41) is 4.75. The molecule has 1 heterocycles. The zero-order valence-electron chi connectivity index (χ0n) is 12.3. The molecule has 3 heteroatoms. The number of benzene rings is 1. The lowest BCUT2D eigenvalue weighted by Crippen LogP contribution is -2.07. The van der Waals surface area contributed by atoms with Gasteiger partial charge in [0.05, 0.1) is 7.11 Å². The highest BCUT2D eigenvalue weighted by atomic mass is 16.5. The zero-order chi connectivity index (χ0) is 13.9. The van der Waals surface area contributed by atoms with Crippen LogP contribution in [0, 0.1) is 0 Å². The average molecular weight is 270 g/mol. The van der Waals surface area contributed by atoms with E-state index in [1.54, 1.807) is 7.11 Å². The molecular weight excluding hydrogens is 248 g/mol. The van der Waals surface area contributed by atoms with Crippen molar-refractivity contribution in [3.05, 3.63) is 29.5 Å². The van der Waals surface area contributed by atoms with Crippen molar-refractivity contribution in [3.8, 4) is 5.75 Å². The molecular formula is C17H22N2O. The molecule has 0 saturated carbocycles. The van der Waals surface area contributed by atoms with Crippen molar-refractivity contribution in [2.24, 2.45) is 0 Å². The Morgan fingerprint density at radius 2 is 2.05 bits per heavy atom. The van der Waals surface area contributed by atoms with Gasteiger partial charge in [-0.2, -0.15) is 0 Å². The number of hydrogen-bond donors (Lipinski definition) is 1. The molecule has 2 aromatic rings. The Labute approximate surface area is 120 Å². The molecule has 3 rings (SSSR count). The van der Waals surface area contributed by atoms with E-state index in [-0.39, 0.29) is 0 Å². The van der Waals surface area contributed by atoms with E-state index in [1.807, 2.05) is 12.1 Å². The predicted octanol–water partition coefficient (Wildman–Crippen LogP) is 3.94. The minimum absolute atomic E-state index is 0.869. The van der Waals surface area contributed by atoms with Crippen LogP contribution in [-0.2, 0) is 12.8 Å². The van der Waals surface area contributed by atoms with Crippen LogP contribution >= 0.6 is 0 Å². The van der Waals surface area contributed by atoms with E-state index in [2.05, 4.69) is 18.3 Å². The fraction of sp³-hybridized carbons (Fsp3) is 0.471. The first kappa shape index (κ1) is 13.2. The van der Waals surface area contributed by atoms with Gasteiger partial charge in [-0.1, -0.05) is 18.6 Å². The normalized spacial score (nSPS) is 14.7. The quantitative estimate of drug-likeness (QED) is 0.858. The average Bonchev–Trinajstić information content (AvgIpc) is 2.72. The molecule has 0 saturated heterocycles. The molecule has 1 aromatic heterocycles. The molecule has 1 aliphatic rings. The molecule has 20 heavy (non-hydrogen) atoms. The van der Waals surface area contributed by atoms with Gasteiger partial charge in [0.2, 0.25) is 0 Å². The summed E-state index contributed by atoms with van der Waals surface area (Å²) < 4.78 is 5.49. The summed E-state index contributed by atoms with van der Waals surface area (Å²) in [6.45, 7) is 3.08. The molecule has 0 aliphatic heterocycles. The lowest BCUT2D eigenvalue weighted by molar-refractivity contribution is 0.419. The number of aromatic nitrogens is 1. The van der Waals surface area contributed by atoms with E-state index in [0.717, 1.165) is 30.7 Å². The topological polar surface area (TPSA) is 34.2 Å². The molecule has 1 aliphatic carbocycles. The van der Waals surface area contributed by atoms with Gasteiger partial charge in [0.25, 0.3) is 0 Å². The Morgan fingerprint density at radius 1 is 1.20 bits per heavy atom. The highest BCUT2D eigenvalue weighted by Crippen LogP contribution is 2.36. The van der Waals surface area contributed by atoms with Gasteiger partial charge in [-0.3, -0.25) is 0 Å². The Kier molecular flexibility index (Phi) is 3.77. The molecule has 3 nitrogen and oxygen atoms in total. The van der Waals surface area contributed by atoms with E-state index in [4.69, 9.17) is 9.72 Å². The van der Waals surface area contributed by atoms with Crippen LogP contribution in [0.3, 0.4) is 0 Å². The maximum atomic E-state index is 5.49. The van der Waals surface area contributed by atoms with Crippen molar-refractivity contribution in [1.82, 2.24) is 4.98 Å². The molecule has 1 N–H and O–H groups in total. The summed E-state index contributed by atoms with van der Waals surface area (Å²) in [6, 6.07) is 6.19. The number of ether oxygens (including phenoxy) is 1. The Hall–Kier alpha value is -1.77. The van der Waals surface area contributed by atoms with Crippen LogP contribution in [0.15, 0.2) is 18.2 Å². The molecule has 0 atom stereocenters. The van der Waals surface area contributed by atoms with Gasteiger partial charge < -0.3 is 10.1 Å². The summed E-state index contributed by atoms with van der Waals surface area (Å²) >= 11 is 0. The minimum atomic E-state index is 0.869. The number of rotatable bonds is 3. The van der Waals surface area contributed by atoms with Crippen LogP contribution in [0.2, 0.25) is 0 Å². The van der Waals surface area contributed by atoms with Gasteiger partial charge in [-0.05, 0) is 44.2 Å². The smallest absolute Gasteiger partial charge is 0.145 e. The molecule has 0 bridgehead atoms. The van der Waals surface area contributed by atoms with E-state index in [1.165, 1.54) is 41.6 Å². The van der Waals surface area contributed by atoms with Gasteiger partial charge in [0.1, 0.15) is 11.3 Å². The number of hydrogen-bond acceptors (Lipinski definition) is 3. The number of aryl methyl sites for hydroxylation is 1. The van der Waals surface area contributed by atoms with E-state index in [9.17, 15) is 0 Å². The number of fused-ring (bicyclic) bond motifs is 2. The molecule has 0 amide bonds. The van der Waals surface area contributed by atoms with Crippen LogP contribution in [0.5, 0.6) is 5.75 Å². The first-order chi connectivity index (χ1) is 9.85. The Balaban J connectivity index is 2.29. The summed E-state index contributed by atoms with van der Waals surface area (Å²) in [5.41, 5.74) is 4.94. The van der Waals surface area contributed by atoms with Crippen molar-refractivity contribution < 1.29 is 4.74 Å². The van der Waals surface area contributed by atoms with E-state index < -0.39 is 0 Å². The summed E-state index contributed by atoms with van der Waals surface area (Å²) in [4.78, 5) is 4.92. The van der Waals surface area contributed by atoms with Crippen LogP contribution < -0.4 is 10.1 Å². The van der Waals surface area contributed by atoms with E-state index >= 15 is 0 Å². The van der Waals surface area contributed by atoms with E-state index in [0.29, 0.717) is 0 Å². The number of nitrogens with one attached hydrogen (secondary N) is 1. The van der Waals surface area contributed by atoms with Gasteiger partial charge in [-0.15, -0.1) is 0 Å². The second kappa shape index (κ2) is 5.70. The highest BCUT2D eigenvalue weighted by Gasteiger charge is 2.18. The number of methoxy groups -OCH3 is 1. The van der Waals surface area contributed by atoms with Crippen molar-refractivity contribution in [3.63, 3.8) is 0 Å². The van der Waals surface area contributed by atoms with Crippen molar-refractivity contribution in [2.75, 3.05) is 19.0 Å². The number of nitrogens with zero attached hydrogens (tertiary/aromatic N) is 1. The minimum Gasteiger partial charge on any atom is -0.494 e. The maximum absolute atomic E-state index is 5.49. The number of para-hydroxylation sites is 1. The van der Waals surface area contributed by atoms with Gasteiger partial charge in [0.15, 0.2) is 0 Å². The fourth-order valence-corrected chi connectivity index (χ4v) is 3.14. The first-order valence-corrected chi connectivity index (χ1v) is 7.57. The maximum Gasteiger partial charge on any atom is 0.145 e. The molecule has 0 fully saturated rings.